The second-order valence-electron chi connectivity index (χ2n) is 14.8. The standard InChI is InChI=1S/C31H20N3O.C17H22NSi.Ir/c1-20-18-19-24-23-13-9-14-25(29(23)35-31(24)32-20)30-33-26-15-6-8-17-28(26)34(30)27-16-7-5-12-22(27)21-10-3-2-4-11-21;1-13(2)14-6-8-15(9-7-14)17-11-10-16(12-18-17)19(3,4)5;/h2-13,15-19H,1H3;6-8,10-13H,1-5H3;/q2*-1;/i;13D;. The number of imidazole rings is 1. The van der Waals surface area contributed by atoms with Gasteiger partial charge in [0.1, 0.15) is 0 Å². The van der Waals surface area contributed by atoms with Gasteiger partial charge in [-0.1, -0.05) is 123 Å². The summed E-state index contributed by atoms with van der Waals surface area (Å²) in [6.07, 6.45) is 2.00. The van der Waals surface area contributed by atoms with Crippen LogP contribution in [-0.2, 0) is 20.1 Å². The number of nitrogens with zero attached hydrogens (tertiary/aromatic N) is 4. The topological polar surface area (TPSA) is 56.7 Å². The third kappa shape index (κ3) is 7.61. The van der Waals surface area contributed by atoms with Crippen LogP contribution in [-0.4, -0.2) is 27.6 Å². The number of aromatic nitrogens is 4. The van der Waals surface area contributed by atoms with Gasteiger partial charge in [-0.3, -0.25) is 4.98 Å². The van der Waals surface area contributed by atoms with Gasteiger partial charge in [-0.15, -0.1) is 53.6 Å². The number of benzene rings is 5. The summed E-state index contributed by atoms with van der Waals surface area (Å²) in [7, 11) is -1.29. The quantitative estimate of drug-likeness (QED) is 0.123. The maximum atomic E-state index is 8.01. The summed E-state index contributed by atoms with van der Waals surface area (Å²) in [4.78, 5) is 14.3. The fourth-order valence-corrected chi connectivity index (χ4v) is 7.78. The minimum absolute atomic E-state index is 0. The fourth-order valence-electron chi connectivity index (χ4n) is 6.74. The van der Waals surface area contributed by atoms with Crippen LogP contribution in [0.1, 0.15) is 32.4 Å². The summed E-state index contributed by atoms with van der Waals surface area (Å²) in [5.74, 6) is 0.209. The largest absolute Gasteiger partial charge is 0.486 e. The number of para-hydroxylation sites is 3. The van der Waals surface area contributed by atoms with E-state index < -0.39 is 14.0 Å². The van der Waals surface area contributed by atoms with E-state index in [4.69, 9.17) is 10.8 Å². The molecule has 0 bridgehead atoms. The van der Waals surface area contributed by atoms with E-state index in [0.717, 1.165) is 78.1 Å². The molecule has 5 nitrogen and oxygen atoms in total. The smallest absolute Gasteiger partial charge is 0.216 e. The molecule has 0 unspecified atom stereocenters. The Balaban J connectivity index is 0.000000197. The van der Waals surface area contributed by atoms with Crippen molar-refractivity contribution in [3.05, 3.63) is 163 Å². The Morgan fingerprint density at radius 1 is 0.764 bits per heavy atom. The molecule has 0 aliphatic carbocycles. The Labute approximate surface area is 338 Å². The molecule has 0 amide bonds. The summed E-state index contributed by atoms with van der Waals surface area (Å²) < 4.78 is 16.6. The summed E-state index contributed by atoms with van der Waals surface area (Å²) in [6.45, 7) is 12.7. The summed E-state index contributed by atoms with van der Waals surface area (Å²) >= 11 is 0. The number of aryl methyl sites for hydroxylation is 1. The van der Waals surface area contributed by atoms with Crippen LogP contribution in [0.4, 0.5) is 0 Å². The van der Waals surface area contributed by atoms with Gasteiger partial charge in [0, 0.05) is 50.0 Å². The summed E-state index contributed by atoms with van der Waals surface area (Å²) in [5, 5.41) is 3.37. The zero-order valence-electron chi connectivity index (χ0n) is 32.8. The molecular weight excluding hydrogens is 869 g/mol. The van der Waals surface area contributed by atoms with Crippen LogP contribution in [0.15, 0.2) is 144 Å². The monoisotopic (exact) mass is 912 g/mol. The zero-order valence-corrected chi connectivity index (χ0v) is 35.2. The number of hydrogen-bond acceptors (Lipinski definition) is 4. The Morgan fingerprint density at radius 2 is 1.53 bits per heavy atom. The Bertz CT molecular complexity index is 2730. The Hall–Kier alpha value is -5.46. The number of rotatable bonds is 6. The molecule has 4 heterocycles. The average Bonchev–Trinajstić information content (AvgIpc) is 3.76. The van der Waals surface area contributed by atoms with Crippen molar-refractivity contribution in [3.8, 4) is 39.5 Å². The van der Waals surface area contributed by atoms with Crippen molar-refractivity contribution >= 4 is 46.4 Å². The molecule has 0 saturated carbocycles. The van der Waals surface area contributed by atoms with Gasteiger partial charge in [0.25, 0.3) is 0 Å². The third-order valence-electron chi connectivity index (χ3n) is 9.75. The molecule has 0 spiro atoms. The van der Waals surface area contributed by atoms with E-state index in [1.165, 1.54) is 5.19 Å². The second-order valence-corrected chi connectivity index (χ2v) is 19.9. The minimum atomic E-state index is -1.29. The summed E-state index contributed by atoms with van der Waals surface area (Å²) in [6, 6.07) is 52.0. The van der Waals surface area contributed by atoms with Crippen molar-refractivity contribution in [1.29, 1.82) is 0 Å². The summed E-state index contributed by atoms with van der Waals surface area (Å²) in [5.41, 5.74) is 11.3. The van der Waals surface area contributed by atoms with Crippen LogP contribution in [0, 0.1) is 19.1 Å². The van der Waals surface area contributed by atoms with Gasteiger partial charge in [0.2, 0.25) is 5.71 Å². The molecular formula is C48H42IrN4OSi-2. The molecule has 0 N–H and O–H groups in total. The number of furan rings is 1. The maximum Gasteiger partial charge on any atom is 0.216 e. The van der Waals surface area contributed by atoms with E-state index in [9.17, 15) is 0 Å². The first-order valence-corrected chi connectivity index (χ1v) is 21.8. The van der Waals surface area contributed by atoms with E-state index in [1.807, 2.05) is 87.6 Å². The van der Waals surface area contributed by atoms with Crippen LogP contribution < -0.4 is 5.19 Å². The molecule has 55 heavy (non-hydrogen) atoms. The van der Waals surface area contributed by atoms with Gasteiger partial charge in [0.15, 0.2) is 0 Å². The molecule has 9 rings (SSSR count). The Kier molecular flexibility index (Phi) is 10.4. The fraction of sp³-hybridized carbons (Fsp3) is 0.146. The van der Waals surface area contributed by atoms with E-state index in [1.54, 1.807) is 0 Å². The van der Waals surface area contributed by atoms with Crippen molar-refractivity contribution in [2.24, 2.45) is 0 Å². The first-order valence-electron chi connectivity index (χ1n) is 18.8. The van der Waals surface area contributed by atoms with E-state index in [2.05, 4.69) is 119 Å². The van der Waals surface area contributed by atoms with Gasteiger partial charge >= 0.3 is 0 Å². The Morgan fingerprint density at radius 3 is 2.25 bits per heavy atom. The maximum absolute atomic E-state index is 8.01. The zero-order chi connectivity index (χ0) is 38.3. The van der Waals surface area contributed by atoms with Gasteiger partial charge in [0.05, 0.1) is 30.5 Å². The predicted octanol–water partition coefficient (Wildman–Crippen LogP) is 12.0. The average molecular weight is 912 g/mol. The SMILES string of the molecule is Cc1ccc2c(n1)oc1c(-c3nc4ccccc4n3-c3ccccc3-c3ccccc3)[c-]ccc12.[2H]C(C)(C)c1c[c-]c(-c2ccc([Si](C)(C)C)cn2)cc1.[Ir]. The van der Waals surface area contributed by atoms with Gasteiger partial charge in [-0.05, 0) is 53.7 Å². The van der Waals surface area contributed by atoms with Crippen molar-refractivity contribution in [2.45, 2.75) is 46.3 Å². The predicted molar refractivity (Wildman–Crippen MR) is 226 cm³/mol. The van der Waals surface area contributed by atoms with Crippen molar-refractivity contribution in [1.82, 2.24) is 19.5 Å². The first-order chi connectivity index (χ1) is 26.5. The van der Waals surface area contributed by atoms with Gasteiger partial charge < -0.3 is 14.0 Å². The van der Waals surface area contributed by atoms with Crippen molar-refractivity contribution in [3.63, 3.8) is 0 Å². The molecule has 0 atom stereocenters. The van der Waals surface area contributed by atoms with Gasteiger partial charge in [-0.2, -0.15) is 0 Å². The molecule has 275 valence electrons. The molecule has 4 aromatic heterocycles. The van der Waals surface area contributed by atoms with Crippen LogP contribution in [0.3, 0.4) is 0 Å². The molecule has 5 aromatic carbocycles. The van der Waals surface area contributed by atoms with Crippen LogP contribution in [0.2, 0.25) is 19.6 Å². The van der Waals surface area contributed by atoms with E-state index in [0.29, 0.717) is 5.71 Å². The minimum Gasteiger partial charge on any atom is -0.486 e. The van der Waals surface area contributed by atoms with Crippen molar-refractivity contribution in [2.75, 3.05) is 0 Å². The second kappa shape index (κ2) is 15.7. The molecule has 0 aliphatic heterocycles. The molecule has 0 saturated heterocycles. The molecule has 1 radical (unpaired) electrons. The molecule has 0 fully saturated rings. The molecule has 9 aromatic rings. The van der Waals surface area contributed by atoms with Gasteiger partial charge in [-0.25, -0.2) is 4.98 Å². The third-order valence-corrected chi connectivity index (χ3v) is 11.8. The van der Waals surface area contributed by atoms with Crippen LogP contribution in [0.5, 0.6) is 0 Å². The number of hydrogen-bond donors (Lipinski definition) is 0. The van der Waals surface area contributed by atoms with E-state index in [-0.39, 0.29) is 20.1 Å². The van der Waals surface area contributed by atoms with E-state index >= 15 is 0 Å². The number of fused-ring (bicyclic) bond motifs is 4. The molecule has 7 heteroatoms. The first kappa shape index (κ1) is 36.5. The molecule has 0 aliphatic rings. The normalized spacial score (nSPS) is 11.9. The van der Waals surface area contributed by atoms with Crippen LogP contribution >= 0.6 is 0 Å². The van der Waals surface area contributed by atoms with Crippen molar-refractivity contribution < 1.29 is 25.9 Å². The van der Waals surface area contributed by atoms with Crippen LogP contribution in [0.25, 0.3) is 72.6 Å². The number of pyridine rings is 2.